The Balaban J connectivity index is 1.97. The molecule has 0 heterocycles. The number of hydrogen-bond acceptors (Lipinski definition) is 0. The molecule has 0 amide bonds. The summed E-state index contributed by atoms with van der Waals surface area (Å²) in [5.41, 5.74) is 1.48. The van der Waals surface area contributed by atoms with Gasteiger partial charge in [0.15, 0.2) is 0 Å². The van der Waals surface area contributed by atoms with E-state index in [1.807, 2.05) is 0 Å². The van der Waals surface area contributed by atoms with E-state index in [1.54, 1.807) is 0 Å². The molecular formula is C25H46N+. The highest BCUT2D eigenvalue weighted by Crippen LogP contribution is 2.16. The Morgan fingerprint density at radius 3 is 1.54 bits per heavy atom. The van der Waals surface area contributed by atoms with Crippen LogP contribution in [-0.4, -0.2) is 24.6 Å². The van der Waals surface area contributed by atoms with E-state index >= 15 is 0 Å². The lowest BCUT2D eigenvalue weighted by molar-refractivity contribution is -0.921. The molecule has 0 aliphatic heterocycles. The Morgan fingerprint density at radius 1 is 0.615 bits per heavy atom. The molecule has 0 aliphatic rings. The van der Waals surface area contributed by atoms with E-state index in [-0.39, 0.29) is 0 Å². The van der Waals surface area contributed by atoms with Gasteiger partial charge in [0, 0.05) is 5.56 Å². The van der Waals surface area contributed by atoms with Crippen LogP contribution in [0.2, 0.25) is 0 Å². The van der Waals surface area contributed by atoms with E-state index in [0.717, 1.165) is 0 Å². The Morgan fingerprint density at radius 2 is 1.08 bits per heavy atom. The van der Waals surface area contributed by atoms with Crippen LogP contribution in [0.15, 0.2) is 30.3 Å². The largest absolute Gasteiger partial charge is 0.323 e. The summed E-state index contributed by atoms with van der Waals surface area (Å²) in [5, 5.41) is 0. The molecule has 0 N–H and O–H groups in total. The van der Waals surface area contributed by atoms with Gasteiger partial charge in [0.05, 0.1) is 20.1 Å². The zero-order valence-corrected chi connectivity index (χ0v) is 18.1. The van der Waals surface area contributed by atoms with E-state index in [2.05, 4.69) is 51.2 Å². The molecule has 1 heteroatoms. The third-order valence-corrected chi connectivity index (χ3v) is 5.97. The van der Waals surface area contributed by atoms with Crippen molar-refractivity contribution in [2.45, 2.75) is 104 Å². The maximum Gasteiger partial charge on any atom is 0.104 e. The lowest BCUT2D eigenvalue weighted by Gasteiger charge is -2.33. The SMILES string of the molecule is CCCCCCCCCCCCCCC[N+](C)(CC)Cc1ccccc1. The second kappa shape index (κ2) is 15.3. The topological polar surface area (TPSA) is 0 Å². The summed E-state index contributed by atoms with van der Waals surface area (Å²) >= 11 is 0. The highest BCUT2D eigenvalue weighted by molar-refractivity contribution is 5.13. The van der Waals surface area contributed by atoms with Crippen molar-refractivity contribution in [3.05, 3.63) is 35.9 Å². The first kappa shape index (κ1) is 23.2. The van der Waals surface area contributed by atoms with Crippen molar-refractivity contribution in [3.63, 3.8) is 0 Å². The van der Waals surface area contributed by atoms with Crippen LogP contribution in [-0.2, 0) is 6.54 Å². The molecule has 1 atom stereocenters. The molecule has 0 spiro atoms. The Labute approximate surface area is 164 Å². The number of nitrogens with zero attached hydrogens (tertiary/aromatic N) is 1. The van der Waals surface area contributed by atoms with E-state index in [9.17, 15) is 0 Å². The summed E-state index contributed by atoms with van der Waals surface area (Å²) in [6.45, 7) is 8.36. The molecule has 0 aromatic heterocycles. The van der Waals surface area contributed by atoms with Gasteiger partial charge in [0.2, 0.25) is 0 Å². The van der Waals surface area contributed by atoms with E-state index in [4.69, 9.17) is 0 Å². The first-order valence-corrected chi connectivity index (χ1v) is 11.6. The van der Waals surface area contributed by atoms with E-state index in [0.29, 0.717) is 0 Å². The van der Waals surface area contributed by atoms with Gasteiger partial charge in [-0.05, 0) is 19.8 Å². The molecule has 1 unspecified atom stereocenters. The minimum absolute atomic E-state index is 1.18. The number of unbranched alkanes of at least 4 members (excludes halogenated alkanes) is 12. The van der Waals surface area contributed by atoms with Crippen molar-refractivity contribution in [2.24, 2.45) is 0 Å². The Kier molecular flexibility index (Phi) is 13.6. The van der Waals surface area contributed by atoms with Crippen molar-refractivity contribution in [1.29, 1.82) is 0 Å². The van der Waals surface area contributed by atoms with Gasteiger partial charge in [-0.2, -0.15) is 0 Å². The second-order valence-corrected chi connectivity index (χ2v) is 8.55. The number of hydrogen-bond donors (Lipinski definition) is 0. The summed E-state index contributed by atoms with van der Waals surface area (Å²) in [5.74, 6) is 0. The average molecular weight is 361 g/mol. The van der Waals surface area contributed by atoms with Gasteiger partial charge in [0.1, 0.15) is 6.54 Å². The third-order valence-electron chi connectivity index (χ3n) is 5.97. The summed E-state index contributed by atoms with van der Waals surface area (Å²) in [7, 11) is 2.42. The quantitative estimate of drug-likeness (QED) is 0.197. The van der Waals surface area contributed by atoms with Crippen molar-refractivity contribution >= 4 is 0 Å². The third kappa shape index (κ3) is 11.7. The van der Waals surface area contributed by atoms with Gasteiger partial charge in [-0.25, -0.2) is 0 Å². The molecule has 0 saturated carbocycles. The van der Waals surface area contributed by atoms with Gasteiger partial charge in [0.25, 0.3) is 0 Å². The molecule has 0 fully saturated rings. The summed E-state index contributed by atoms with van der Waals surface area (Å²) in [6, 6.07) is 11.0. The Hall–Kier alpha value is -0.820. The van der Waals surface area contributed by atoms with Crippen LogP contribution in [0.1, 0.15) is 103 Å². The lowest BCUT2D eigenvalue weighted by atomic mass is 10.0. The molecule has 0 saturated heterocycles. The zero-order valence-electron chi connectivity index (χ0n) is 18.1. The van der Waals surface area contributed by atoms with Gasteiger partial charge in [-0.3, -0.25) is 0 Å². The molecule has 0 bridgehead atoms. The summed E-state index contributed by atoms with van der Waals surface area (Å²) < 4.78 is 1.18. The summed E-state index contributed by atoms with van der Waals surface area (Å²) in [6.07, 6.45) is 18.7. The Bertz CT molecular complexity index is 413. The number of benzene rings is 1. The van der Waals surface area contributed by atoms with Crippen LogP contribution in [0.3, 0.4) is 0 Å². The fraction of sp³-hybridized carbons (Fsp3) is 0.760. The van der Waals surface area contributed by atoms with Crippen LogP contribution in [0.4, 0.5) is 0 Å². The molecule has 1 nitrogen and oxygen atoms in total. The van der Waals surface area contributed by atoms with Crippen LogP contribution >= 0.6 is 0 Å². The molecule has 150 valence electrons. The minimum atomic E-state index is 1.18. The minimum Gasteiger partial charge on any atom is -0.323 e. The molecule has 1 rings (SSSR count). The molecule has 0 aliphatic carbocycles. The maximum atomic E-state index is 2.42. The fourth-order valence-corrected chi connectivity index (χ4v) is 3.88. The van der Waals surface area contributed by atoms with Gasteiger partial charge in [-0.15, -0.1) is 0 Å². The number of rotatable bonds is 17. The number of quaternary nitrogens is 1. The molecule has 0 radical (unpaired) electrons. The molecule has 26 heavy (non-hydrogen) atoms. The van der Waals surface area contributed by atoms with E-state index < -0.39 is 0 Å². The lowest BCUT2D eigenvalue weighted by Crippen LogP contribution is -2.43. The zero-order chi connectivity index (χ0) is 18.9. The van der Waals surface area contributed by atoms with Crippen molar-refractivity contribution in [1.82, 2.24) is 0 Å². The van der Waals surface area contributed by atoms with E-state index in [1.165, 1.54) is 113 Å². The van der Waals surface area contributed by atoms with Crippen LogP contribution in [0.25, 0.3) is 0 Å². The predicted octanol–water partition coefficient (Wildman–Crippen LogP) is 7.74. The van der Waals surface area contributed by atoms with Crippen LogP contribution in [0, 0.1) is 0 Å². The van der Waals surface area contributed by atoms with Crippen LogP contribution < -0.4 is 0 Å². The second-order valence-electron chi connectivity index (χ2n) is 8.55. The molecule has 1 aromatic rings. The standard InChI is InChI=1S/C25H46N/c1-4-6-7-8-9-10-11-12-13-14-15-16-20-23-26(3,5-2)24-25-21-18-17-19-22-25/h17-19,21-22H,4-16,20,23-24H2,1-3H3/q+1. The van der Waals surface area contributed by atoms with Crippen molar-refractivity contribution in [3.8, 4) is 0 Å². The predicted molar refractivity (Wildman–Crippen MR) is 117 cm³/mol. The van der Waals surface area contributed by atoms with Gasteiger partial charge in [-0.1, -0.05) is 108 Å². The average Bonchev–Trinajstić information content (AvgIpc) is 2.66. The highest BCUT2D eigenvalue weighted by Gasteiger charge is 2.18. The normalized spacial score (nSPS) is 13.7. The monoisotopic (exact) mass is 360 g/mol. The smallest absolute Gasteiger partial charge is 0.104 e. The van der Waals surface area contributed by atoms with Gasteiger partial charge < -0.3 is 4.48 Å². The summed E-state index contributed by atoms with van der Waals surface area (Å²) in [4.78, 5) is 0. The first-order chi connectivity index (χ1) is 12.7. The van der Waals surface area contributed by atoms with Crippen molar-refractivity contribution in [2.75, 3.05) is 20.1 Å². The molecular weight excluding hydrogens is 314 g/mol. The maximum absolute atomic E-state index is 2.42. The fourth-order valence-electron chi connectivity index (χ4n) is 3.88. The van der Waals surface area contributed by atoms with Crippen LogP contribution in [0.5, 0.6) is 0 Å². The first-order valence-electron chi connectivity index (χ1n) is 11.6. The highest BCUT2D eigenvalue weighted by atomic mass is 15.3. The molecule has 1 aromatic carbocycles. The van der Waals surface area contributed by atoms with Gasteiger partial charge >= 0.3 is 0 Å². The van der Waals surface area contributed by atoms with Crippen molar-refractivity contribution < 1.29 is 4.48 Å².